The first-order valence-corrected chi connectivity index (χ1v) is 5.13. The highest BCUT2D eigenvalue weighted by Gasteiger charge is 1.97. The van der Waals surface area contributed by atoms with Crippen LogP contribution in [-0.2, 0) is 4.74 Å². The molecule has 0 aliphatic carbocycles. The van der Waals surface area contributed by atoms with Crippen molar-refractivity contribution < 1.29 is 4.74 Å². The van der Waals surface area contributed by atoms with E-state index >= 15 is 0 Å². The maximum absolute atomic E-state index is 5.12. The average molecular weight is 188 g/mol. The van der Waals surface area contributed by atoms with E-state index in [1.807, 2.05) is 0 Å². The van der Waals surface area contributed by atoms with Crippen molar-refractivity contribution in [2.45, 2.75) is 39.3 Å². The van der Waals surface area contributed by atoms with Crippen molar-refractivity contribution in [3.8, 4) is 0 Å². The quantitative estimate of drug-likeness (QED) is 0.558. The Morgan fingerprint density at radius 3 is 2.38 bits per heavy atom. The average Bonchev–Trinajstić information content (AvgIpc) is 2.10. The van der Waals surface area contributed by atoms with E-state index in [1.165, 1.54) is 6.42 Å². The molecule has 1 unspecified atom stereocenters. The predicted molar refractivity (Wildman–Crippen MR) is 57.1 cm³/mol. The highest BCUT2D eigenvalue weighted by atomic mass is 16.5. The van der Waals surface area contributed by atoms with E-state index in [4.69, 9.17) is 4.74 Å². The van der Waals surface area contributed by atoms with E-state index in [-0.39, 0.29) is 0 Å². The lowest BCUT2D eigenvalue weighted by molar-refractivity contribution is 0.117. The van der Waals surface area contributed by atoms with Crippen molar-refractivity contribution in [3.05, 3.63) is 0 Å². The first-order valence-electron chi connectivity index (χ1n) is 5.13. The van der Waals surface area contributed by atoms with Gasteiger partial charge in [-0.2, -0.15) is 0 Å². The van der Waals surface area contributed by atoms with Gasteiger partial charge >= 0.3 is 0 Å². The fraction of sp³-hybridized carbons (Fsp3) is 1.00. The van der Waals surface area contributed by atoms with Crippen LogP contribution in [-0.4, -0.2) is 38.9 Å². The molecule has 13 heavy (non-hydrogen) atoms. The van der Waals surface area contributed by atoms with Crippen LogP contribution in [0.4, 0.5) is 0 Å². The summed E-state index contributed by atoms with van der Waals surface area (Å²) in [6.07, 6.45) is 1.49. The van der Waals surface area contributed by atoms with Crippen LogP contribution in [0.25, 0.3) is 0 Å². The second-order valence-electron chi connectivity index (χ2n) is 3.71. The summed E-state index contributed by atoms with van der Waals surface area (Å²) in [6.45, 7) is 9.50. The molecule has 3 nitrogen and oxygen atoms in total. The third-order valence-corrected chi connectivity index (χ3v) is 1.92. The highest BCUT2D eigenvalue weighted by molar-refractivity contribution is 4.57. The van der Waals surface area contributed by atoms with Gasteiger partial charge in [-0.05, 0) is 26.4 Å². The van der Waals surface area contributed by atoms with Crippen LogP contribution in [0, 0.1) is 0 Å². The van der Waals surface area contributed by atoms with Gasteiger partial charge in [0.25, 0.3) is 0 Å². The van der Waals surface area contributed by atoms with Gasteiger partial charge in [0.05, 0.1) is 6.10 Å². The smallest absolute Gasteiger partial charge is 0.0667 e. The van der Waals surface area contributed by atoms with Crippen molar-refractivity contribution in [2.75, 3.05) is 26.7 Å². The molecule has 3 heteroatoms. The molecule has 0 rings (SSSR count). The molecule has 0 spiro atoms. The van der Waals surface area contributed by atoms with E-state index in [1.54, 1.807) is 7.11 Å². The summed E-state index contributed by atoms with van der Waals surface area (Å²) in [5.41, 5.74) is 0. The Hall–Kier alpha value is -0.120. The summed E-state index contributed by atoms with van der Waals surface area (Å²) >= 11 is 0. The highest BCUT2D eigenvalue weighted by Crippen LogP contribution is 1.84. The first-order chi connectivity index (χ1) is 6.16. The molecular formula is C10H24N2O. The lowest BCUT2D eigenvalue weighted by Gasteiger charge is -2.11. The van der Waals surface area contributed by atoms with Crippen molar-refractivity contribution >= 4 is 0 Å². The van der Waals surface area contributed by atoms with E-state index in [0.29, 0.717) is 12.1 Å². The van der Waals surface area contributed by atoms with Crippen LogP contribution < -0.4 is 10.6 Å². The van der Waals surface area contributed by atoms with Crippen LogP contribution in [0.2, 0.25) is 0 Å². The van der Waals surface area contributed by atoms with Crippen molar-refractivity contribution in [3.63, 3.8) is 0 Å². The molecule has 0 heterocycles. The lowest BCUT2D eigenvalue weighted by Crippen LogP contribution is -2.30. The van der Waals surface area contributed by atoms with Crippen LogP contribution in [0.3, 0.4) is 0 Å². The molecule has 0 saturated carbocycles. The minimum absolute atomic E-state index is 0.318. The number of ether oxygens (including phenoxy) is 1. The van der Waals surface area contributed by atoms with Crippen LogP contribution in [0.5, 0.6) is 0 Å². The van der Waals surface area contributed by atoms with Crippen LogP contribution >= 0.6 is 0 Å². The van der Waals surface area contributed by atoms with Gasteiger partial charge < -0.3 is 15.4 Å². The van der Waals surface area contributed by atoms with Crippen molar-refractivity contribution in [2.24, 2.45) is 0 Å². The topological polar surface area (TPSA) is 33.3 Å². The van der Waals surface area contributed by atoms with Gasteiger partial charge in [0, 0.05) is 19.7 Å². The van der Waals surface area contributed by atoms with E-state index < -0.39 is 0 Å². The SMILES string of the molecule is COC(C)CNCCCNC(C)C. The van der Waals surface area contributed by atoms with Gasteiger partial charge in [0.2, 0.25) is 0 Å². The first kappa shape index (κ1) is 12.9. The summed E-state index contributed by atoms with van der Waals surface area (Å²) in [5.74, 6) is 0. The van der Waals surface area contributed by atoms with E-state index in [2.05, 4.69) is 31.4 Å². The Labute approximate surface area is 82.2 Å². The molecule has 80 valence electrons. The Balaban J connectivity index is 2.99. The third-order valence-electron chi connectivity index (χ3n) is 1.92. The zero-order valence-corrected chi connectivity index (χ0v) is 9.39. The Morgan fingerprint density at radius 1 is 1.15 bits per heavy atom. The number of hydrogen-bond acceptors (Lipinski definition) is 3. The van der Waals surface area contributed by atoms with Gasteiger partial charge in [0.15, 0.2) is 0 Å². The minimum atomic E-state index is 0.318. The standard InChI is InChI=1S/C10H24N2O/c1-9(2)12-7-5-6-11-8-10(3)13-4/h9-12H,5-8H2,1-4H3. The van der Waals surface area contributed by atoms with E-state index in [9.17, 15) is 0 Å². The molecule has 0 aliphatic rings. The molecule has 0 amide bonds. The molecule has 0 bridgehead atoms. The van der Waals surface area contributed by atoms with Gasteiger partial charge in [0.1, 0.15) is 0 Å². The minimum Gasteiger partial charge on any atom is -0.380 e. The monoisotopic (exact) mass is 188 g/mol. The fourth-order valence-corrected chi connectivity index (χ4v) is 0.993. The lowest BCUT2D eigenvalue weighted by atomic mass is 10.3. The summed E-state index contributed by atoms with van der Waals surface area (Å²) < 4.78 is 5.12. The van der Waals surface area contributed by atoms with Gasteiger partial charge in [-0.15, -0.1) is 0 Å². The Morgan fingerprint density at radius 2 is 1.85 bits per heavy atom. The largest absolute Gasteiger partial charge is 0.380 e. The molecule has 0 aromatic heterocycles. The van der Waals surface area contributed by atoms with Crippen molar-refractivity contribution in [1.82, 2.24) is 10.6 Å². The normalized spacial score (nSPS) is 13.6. The third kappa shape index (κ3) is 9.80. The molecule has 0 saturated heterocycles. The zero-order valence-electron chi connectivity index (χ0n) is 9.39. The molecule has 2 N–H and O–H groups in total. The Bertz CT molecular complexity index is 107. The summed E-state index contributed by atoms with van der Waals surface area (Å²) in [5, 5.41) is 6.72. The maximum atomic E-state index is 5.12. The number of hydrogen-bond donors (Lipinski definition) is 2. The molecule has 0 aromatic carbocycles. The summed E-state index contributed by atoms with van der Waals surface area (Å²) in [6, 6.07) is 0.595. The molecule has 0 aliphatic heterocycles. The fourth-order valence-electron chi connectivity index (χ4n) is 0.993. The van der Waals surface area contributed by atoms with Gasteiger partial charge in [-0.3, -0.25) is 0 Å². The molecule has 0 fully saturated rings. The van der Waals surface area contributed by atoms with Crippen molar-refractivity contribution in [1.29, 1.82) is 0 Å². The Kier molecular flexibility index (Phi) is 8.40. The van der Waals surface area contributed by atoms with Gasteiger partial charge in [-0.1, -0.05) is 13.8 Å². The maximum Gasteiger partial charge on any atom is 0.0667 e. The number of nitrogens with one attached hydrogen (secondary N) is 2. The van der Waals surface area contributed by atoms with E-state index in [0.717, 1.165) is 19.6 Å². The summed E-state index contributed by atoms with van der Waals surface area (Å²) in [4.78, 5) is 0. The molecular weight excluding hydrogens is 164 g/mol. The number of methoxy groups -OCH3 is 1. The van der Waals surface area contributed by atoms with Crippen LogP contribution in [0.15, 0.2) is 0 Å². The molecule has 0 radical (unpaired) electrons. The molecule has 0 aromatic rings. The zero-order chi connectivity index (χ0) is 10.1. The molecule has 1 atom stereocenters. The van der Waals surface area contributed by atoms with Crippen LogP contribution in [0.1, 0.15) is 27.2 Å². The number of rotatable bonds is 8. The second kappa shape index (κ2) is 8.48. The second-order valence-corrected chi connectivity index (χ2v) is 3.71. The predicted octanol–water partition coefficient (Wildman–Crippen LogP) is 0.999. The summed E-state index contributed by atoms with van der Waals surface area (Å²) in [7, 11) is 1.74. The van der Waals surface area contributed by atoms with Gasteiger partial charge in [-0.25, -0.2) is 0 Å².